The maximum Gasteiger partial charge on any atom is 0.192 e. The highest BCUT2D eigenvalue weighted by atomic mass is 35.5. The Morgan fingerprint density at radius 2 is 2.00 bits per heavy atom. The van der Waals surface area contributed by atoms with Gasteiger partial charge in [0.2, 0.25) is 0 Å². The van der Waals surface area contributed by atoms with Crippen LogP contribution < -0.4 is 0 Å². The number of rotatable bonds is 6. The zero-order valence-corrected chi connectivity index (χ0v) is 13.2. The van der Waals surface area contributed by atoms with E-state index in [-0.39, 0.29) is 5.78 Å². The van der Waals surface area contributed by atoms with E-state index in [1.165, 1.54) is 6.20 Å². The fourth-order valence-corrected chi connectivity index (χ4v) is 2.44. The third kappa shape index (κ3) is 3.17. The molecule has 0 N–H and O–H groups in total. The maximum absolute atomic E-state index is 12.9. The van der Waals surface area contributed by atoms with E-state index in [2.05, 4.69) is 5.10 Å². The van der Waals surface area contributed by atoms with Crippen LogP contribution in [0.2, 0.25) is 5.02 Å². The molecule has 112 valence electrons. The Morgan fingerprint density at radius 3 is 2.62 bits per heavy atom. The Hall–Kier alpha value is -1.65. The monoisotopic (exact) mass is 306 g/mol. The molecule has 0 aliphatic heterocycles. The van der Waals surface area contributed by atoms with Crippen molar-refractivity contribution in [3.63, 3.8) is 0 Å². The van der Waals surface area contributed by atoms with E-state index in [1.807, 2.05) is 44.2 Å². The average Bonchev–Trinajstić information content (AvgIpc) is 2.86. The summed E-state index contributed by atoms with van der Waals surface area (Å²) in [6, 6.07) is 9.67. The number of methoxy groups -OCH3 is 1. The molecule has 2 rings (SSSR count). The van der Waals surface area contributed by atoms with Crippen LogP contribution in [0.4, 0.5) is 0 Å². The topological polar surface area (TPSA) is 44.1 Å². The molecule has 1 aromatic carbocycles. The second kappa shape index (κ2) is 6.41. The van der Waals surface area contributed by atoms with Gasteiger partial charge in [0.15, 0.2) is 5.78 Å². The summed E-state index contributed by atoms with van der Waals surface area (Å²) in [6.45, 7) is 4.77. The number of nitrogens with zero attached hydrogens (tertiary/aromatic N) is 2. The molecular weight excluding hydrogens is 288 g/mol. The van der Waals surface area contributed by atoms with E-state index in [4.69, 9.17) is 16.3 Å². The van der Waals surface area contributed by atoms with Crippen LogP contribution in [0.5, 0.6) is 0 Å². The number of benzene rings is 1. The number of carbonyl (C=O) groups is 1. The molecule has 0 fully saturated rings. The molecule has 0 amide bonds. The molecule has 0 bridgehead atoms. The number of ether oxygens (including phenoxy) is 1. The van der Waals surface area contributed by atoms with Crippen LogP contribution in [-0.4, -0.2) is 29.3 Å². The van der Waals surface area contributed by atoms with Crippen LogP contribution in [0.1, 0.15) is 29.9 Å². The normalized spacial score (nSPS) is 11.6. The highest BCUT2D eigenvalue weighted by Gasteiger charge is 2.34. The van der Waals surface area contributed by atoms with Gasteiger partial charge in [-0.1, -0.05) is 41.9 Å². The molecule has 1 aromatic heterocycles. The fraction of sp³-hybridized carbons (Fsp3) is 0.375. The summed E-state index contributed by atoms with van der Waals surface area (Å²) in [7, 11) is 1.61. The Bertz CT molecular complexity index is 620. The van der Waals surface area contributed by atoms with Crippen molar-refractivity contribution < 1.29 is 9.53 Å². The van der Waals surface area contributed by atoms with Crippen LogP contribution >= 0.6 is 11.6 Å². The predicted octanol–water partition coefficient (Wildman–Crippen LogP) is 3.34. The number of Topliss-reactive ketones (excluding diaryl/α,β-unsaturated/α-hetero) is 1. The van der Waals surface area contributed by atoms with Gasteiger partial charge in [0.1, 0.15) is 5.69 Å². The molecule has 0 spiro atoms. The SMILES string of the molecule is COCCn1ncc(Cl)c1C(=O)C(C)(C)c1ccccc1. The lowest BCUT2D eigenvalue weighted by Gasteiger charge is -2.24. The lowest BCUT2D eigenvalue weighted by molar-refractivity contribution is 0.0894. The van der Waals surface area contributed by atoms with Gasteiger partial charge < -0.3 is 4.74 Å². The van der Waals surface area contributed by atoms with Crippen molar-refractivity contribution in [3.05, 3.63) is 52.8 Å². The summed E-state index contributed by atoms with van der Waals surface area (Å²) >= 11 is 6.17. The van der Waals surface area contributed by atoms with E-state index in [9.17, 15) is 4.79 Å². The number of hydrogen-bond acceptors (Lipinski definition) is 3. The van der Waals surface area contributed by atoms with Crippen LogP contribution in [0.25, 0.3) is 0 Å². The van der Waals surface area contributed by atoms with Crippen LogP contribution in [0, 0.1) is 0 Å². The first-order chi connectivity index (χ1) is 9.98. The van der Waals surface area contributed by atoms with Gasteiger partial charge in [-0.05, 0) is 19.4 Å². The van der Waals surface area contributed by atoms with Gasteiger partial charge >= 0.3 is 0 Å². The summed E-state index contributed by atoms with van der Waals surface area (Å²) in [5.74, 6) is -0.0488. The summed E-state index contributed by atoms with van der Waals surface area (Å²) in [6.07, 6.45) is 1.51. The minimum absolute atomic E-state index is 0.0488. The quantitative estimate of drug-likeness (QED) is 0.769. The Kier molecular flexibility index (Phi) is 4.80. The first-order valence-electron chi connectivity index (χ1n) is 6.79. The van der Waals surface area contributed by atoms with E-state index in [1.54, 1.807) is 11.8 Å². The maximum atomic E-state index is 12.9. The summed E-state index contributed by atoms with van der Waals surface area (Å²) in [5, 5.41) is 4.54. The van der Waals surface area contributed by atoms with E-state index in [0.29, 0.717) is 23.9 Å². The summed E-state index contributed by atoms with van der Waals surface area (Å²) in [4.78, 5) is 12.9. The number of hydrogen-bond donors (Lipinski definition) is 0. The van der Waals surface area contributed by atoms with E-state index < -0.39 is 5.41 Å². The lowest BCUT2D eigenvalue weighted by Crippen LogP contribution is -2.31. The van der Waals surface area contributed by atoms with Gasteiger partial charge in [0.25, 0.3) is 0 Å². The molecule has 0 radical (unpaired) electrons. The largest absolute Gasteiger partial charge is 0.383 e. The molecule has 5 heteroatoms. The van der Waals surface area contributed by atoms with Crippen molar-refractivity contribution in [1.82, 2.24) is 9.78 Å². The Labute approximate surface area is 129 Å². The highest BCUT2D eigenvalue weighted by Crippen LogP contribution is 2.30. The van der Waals surface area contributed by atoms with Gasteiger partial charge in [-0.25, -0.2) is 0 Å². The Balaban J connectivity index is 2.38. The lowest BCUT2D eigenvalue weighted by atomic mass is 9.79. The van der Waals surface area contributed by atoms with Crippen molar-refractivity contribution in [2.24, 2.45) is 0 Å². The smallest absolute Gasteiger partial charge is 0.192 e. The predicted molar refractivity (Wildman–Crippen MR) is 82.9 cm³/mol. The van der Waals surface area contributed by atoms with Gasteiger partial charge in [0, 0.05) is 7.11 Å². The van der Waals surface area contributed by atoms with Gasteiger partial charge in [0.05, 0.1) is 29.8 Å². The Morgan fingerprint density at radius 1 is 1.33 bits per heavy atom. The van der Waals surface area contributed by atoms with Crippen molar-refractivity contribution in [1.29, 1.82) is 0 Å². The molecule has 0 saturated carbocycles. The molecule has 0 unspecified atom stereocenters. The van der Waals surface area contributed by atoms with E-state index in [0.717, 1.165) is 5.56 Å². The zero-order valence-electron chi connectivity index (χ0n) is 12.5. The van der Waals surface area contributed by atoms with E-state index >= 15 is 0 Å². The van der Waals surface area contributed by atoms with Crippen LogP contribution in [0.3, 0.4) is 0 Å². The van der Waals surface area contributed by atoms with Gasteiger partial charge in [-0.2, -0.15) is 5.10 Å². The second-order valence-electron chi connectivity index (χ2n) is 5.38. The standard InChI is InChI=1S/C16H19ClN2O2/c1-16(2,12-7-5-4-6-8-12)15(20)14-13(17)11-18-19(14)9-10-21-3/h4-8,11H,9-10H2,1-3H3. The first kappa shape index (κ1) is 15.7. The summed E-state index contributed by atoms with van der Waals surface area (Å²) < 4.78 is 6.65. The number of ketones is 1. The molecule has 2 aromatic rings. The molecule has 1 heterocycles. The molecule has 4 nitrogen and oxygen atoms in total. The molecular formula is C16H19ClN2O2. The molecule has 0 aliphatic carbocycles. The van der Waals surface area contributed by atoms with Crippen molar-refractivity contribution in [2.45, 2.75) is 25.8 Å². The third-order valence-electron chi connectivity index (χ3n) is 3.58. The number of carbonyl (C=O) groups excluding carboxylic acids is 1. The highest BCUT2D eigenvalue weighted by molar-refractivity contribution is 6.34. The number of halogens is 1. The minimum Gasteiger partial charge on any atom is -0.383 e. The average molecular weight is 307 g/mol. The third-order valence-corrected chi connectivity index (χ3v) is 3.86. The first-order valence-corrected chi connectivity index (χ1v) is 7.17. The second-order valence-corrected chi connectivity index (χ2v) is 5.78. The molecule has 0 saturated heterocycles. The van der Waals surface area contributed by atoms with Crippen LogP contribution in [0.15, 0.2) is 36.5 Å². The fourth-order valence-electron chi connectivity index (χ4n) is 2.22. The van der Waals surface area contributed by atoms with Crippen molar-refractivity contribution >= 4 is 17.4 Å². The molecule has 21 heavy (non-hydrogen) atoms. The van der Waals surface area contributed by atoms with Crippen molar-refractivity contribution in [2.75, 3.05) is 13.7 Å². The van der Waals surface area contributed by atoms with Gasteiger partial charge in [-0.15, -0.1) is 0 Å². The van der Waals surface area contributed by atoms with Gasteiger partial charge in [-0.3, -0.25) is 9.48 Å². The number of aromatic nitrogens is 2. The van der Waals surface area contributed by atoms with Crippen molar-refractivity contribution in [3.8, 4) is 0 Å². The zero-order chi connectivity index (χ0) is 15.5. The molecule has 0 aliphatic rings. The summed E-state index contributed by atoms with van der Waals surface area (Å²) in [5.41, 5.74) is 0.712. The van der Waals surface area contributed by atoms with Crippen LogP contribution in [-0.2, 0) is 16.7 Å². The molecule has 0 atom stereocenters. The minimum atomic E-state index is -0.671.